The molecule has 0 bridgehead atoms. The fourth-order valence-corrected chi connectivity index (χ4v) is 2.55. The minimum absolute atomic E-state index is 0.0150. The molecule has 0 fully saturated rings. The Kier molecular flexibility index (Phi) is 5.42. The molecular formula is C21H21N3O. The highest BCUT2D eigenvalue weighted by atomic mass is 16.1. The Labute approximate surface area is 148 Å². The summed E-state index contributed by atoms with van der Waals surface area (Å²) in [6.45, 7) is 2.55. The number of nitrogens with zero attached hydrogens (tertiary/aromatic N) is 2. The number of pyridine rings is 1. The van der Waals surface area contributed by atoms with E-state index in [1.807, 2.05) is 55.5 Å². The van der Waals surface area contributed by atoms with Crippen LogP contribution in [0.4, 0.5) is 17.2 Å². The number of nitrogens with one attached hydrogen (secondary N) is 1. The van der Waals surface area contributed by atoms with Gasteiger partial charge in [-0.25, -0.2) is 4.98 Å². The van der Waals surface area contributed by atoms with Crippen molar-refractivity contribution >= 4 is 23.1 Å². The average Bonchev–Trinajstić information content (AvgIpc) is 2.68. The Balaban J connectivity index is 1.87. The van der Waals surface area contributed by atoms with Gasteiger partial charge in [-0.1, -0.05) is 55.5 Å². The third kappa shape index (κ3) is 4.44. The lowest BCUT2D eigenvalue weighted by molar-refractivity contribution is -0.115. The predicted octanol–water partition coefficient (Wildman–Crippen LogP) is 4.77. The minimum atomic E-state index is -0.0150. The summed E-state index contributed by atoms with van der Waals surface area (Å²) in [5.41, 5.74) is 2.99. The standard InChI is InChI=1S/C21H21N3O/c1-2-21(25)23-18-13-14-20(22-15-18)24(19-11-7-4-8-12-19)16-17-9-5-3-6-10-17/h3-15H,2,16H2,1H3,(H,23,25). The van der Waals surface area contributed by atoms with Crippen LogP contribution in [-0.2, 0) is 11.3 Å². The summed E-state index contributed by atoms with van der Waals surface area (Å²) in [6.07, 6.45) is 2.15. The molecule has 1 aromatic heterocycles. The van der Waals surface area contributed by atoms with Crippen molar-refractivity contribution in [3.05, 3.63) is 84.6 Å². The summed E-state index contributed by atoms with van der Waals surface area (Å²) in [5.74, 6) is 0.823. The van der Waals surface area contributed by atoms with Gasteiger partial charge in [-0.05, 0) is 29.8 Å². The summed E-state index contributed by atoms with van der Waals surface area (Å²) < 4.78 is 0. The van der Waals surface area contributed by atoms with Crippen LogP contribution in [-0.4, -0.2) is 10.9 Å². The van der Waals surface area contributed by atoms with Gasteiger partial charge in [0.1, 0.15) is 5.82 Å². The second-order valence-corrected chi connectivity index (χ2v) is 5.71. The van der Waals surface area contributed by atoms with E-state index in [-0.39, 0.29) is 5.91 Å². The first-order valence-electron chi connectivity index (χ1n) is 8.38. The lowest BCUT2D eigenvalue weighted by Crippen LogP contribution is -2.18. The third-order valence-corrected chi connectivity index (χ3v) is 3.88. The van der Waals surface area contributed by atoms with Crippen molar-refractivity contribution in [3.63, 3.8) is 0 Å². The van der Waals surface area contributed by atoms with E-state index in [2.05, 4.69) is 39.5 Å². The molecule has 4 heteroatoms. The normalized spacial score (nSPS) is 10.3. The summed E-state index contributed by atoms with van der Waals surface area (Å²) in [4.78, 5) is 18.2. The van der Waals surface area contributed by atoms with Crippen LogP contribution in [0.2, 0.25) is 0 Å². The molecule has 4 nitrogen and oxygen atoms in total. The maximum atomic E-state index is 11.5. The van der Waals surface area contributed by atoms with Crippen LogP contribution in [0.3, 0.4) is 0 Å². The topological polar surface area (TPSA) is 45.2 Å². The molecule has 3 aromatic rings. The maximum Gasteiger partial charge on any atom is 0.224 e. The Morgan fingerprint density at radius 1 is 0.960 bits per heavy atom. The van der Waals surface area contributed by atoms with Crippen molar-refractivity contribution in [1.29, 1.82) is 0 Å². The molecule has 0 saturated heterocycles. The quantitative estimate of drug-likeness (QED) is 0.708. The molecule has 3 rings (SSSR count). The second kappa shape index (κ2) is 8.11. The smallest absolute Gasteiger partial charge is 0.224 e. The van der Waals surface area contributed by atoms with Gasteiger partial charge in [0.2, 0.25) is 5.91 Å². The van der Waals surface area contributed by atoms with Crippen LogP contribution in [0, 0.1) is 0 Å². The molecule has 0 unspecified atom stereocenters. The van der Waals surface area contributed by atoms with E-state index < -0.39 is 0 Å². The van der Waals surface area contributed by atoms with Gasteiger partial charge in [-0.2, -0.15) is 0 Å². The Morgan fingerprint density at radius 2 is 1.64 bits per heavy atom. The zero-order chi connectivity index (χ0) is 17.5. The number of benzene rings is 2. The molecule has 25 heavy (non-hydrogen) atoms. The van der Waals surface area contributed by atoms with E-state index in [0.29, 0.717) is 12.1 Å². The summed E-state index contributed by atoms with van der Waals surface area (Å²) in [6, 6.07) is 24.3. The molecule has 0 spiro atoms. The minimum Gasteiger partial charge on any atom is -0.325 e. The number of hydrogen-bond donors (Lipinski definition) is 1. The molecule has 1 heterocycles. The second-order valence-electron chi connectivity index (χ2n) is 5.71. The number of carbonyl (C=O) groups is 1. The molecule has 0 radical (unpaired) electrons. The fraction of sp³-hybridized carbons (Fsp3) is 0.143. The number of amides is 1. The average molecular weight is 331 g/mol. The van der Waals surface area contributed by atoms with E-state index in [1.54, 1.807) is 6.20 Å². The zero-order valence-corrected chi connectivity index (χ0v) is 14.2. The van der Waals surface area contributed by atoms with Crippen molar-refractivity contribution in [2.75, 3.05) is 10.2 Å². The molecule has 1 amide bonds. The van der Waals surface area contributed by atoms with Gasteiger partial charge < -0.3 is 10.2 Å². The summed E-state index contributed by atoms with van der Waals surface area (Å²) >= 11 is 0. The number of rotatable bonds is 6. The number of hydrogen-bond acceptors (Lipinski definition) is 3. The highest BCUT2D eigenvalue weighted by Gasteiger charge is 2.11. The number of carbonyl (C=O) groups excluding carboxylic acids is 1. The van der Waals surface area contributed by atoms with Crippen molar-refractivity contribution in [2.45, 2.75) is 19.9 Å². The summed E-state index contributed by atoms with van der Waals surface area (Å²) in [5, 5.41) is 2.83. The van der Waals surface area contributed by atoms with Gasteiger partial charge in [0.25, 0.3) is 0 Å². The van der Waals surface area contributed by atoms with Crippen LogP contribution >= 0.6 is 0 Å². The number of aromatic nitrogens is 1. The fourth-order valence-electron chi connectivity index (χ4n) is 2.55. The van der Waals surface area contributed by atoms with Crippen molar-refractivity contribution in [2.24, 2.45) is 0 Å². The lowest BCUT2D eigenvalue weighted by atomic mass is 10.2. The van der Waals surface area contributed by atoms with E-state index in [4.69, 9.17) is 0 Å². The van der Waals surface area contributed by atoms with E-state index >= 15 is 0 Å². The van der Waals surface area contributed by atoms with E-state index in [0.717, 1.165) is 18.1 Å². The van der Waals surface area contributed by atoms with Crippen LogP contribution in [0.25, 0.3) is 0 Å². The highest BCUT2D eigenvalue weighted by Crippen LogP contribution is 2.26. The van der Waals surface area contributed by atoms with Crippen LogP contribution in [0.15, 0.2) is 79.0 Å². The summed E-state index contributed by atoms with van der Waals surface area (Å²) in [7, 11) is 0. The Morgan fingerprint density at radius 3 is 2.24 bits per heavy atom. The number of para-hydroxylation sites is 1. The van der Waals surface area contributed by atoms with Gasteiger partial charge in [0, 0.05) is 18.7 Å². The zero-order valence-electron chi connectivity index (χ0n) is 14.2. The molecule has 2 aromatic carbocycles. The number of anilines is 3. The molecule has 1 N–H and O–H groups in total. The Hall–Kier alpha value is -3.14. The van der Waals surface area contributed by atoms with Gasteiger partial charge in [0.05, 0.1) is 11.9 Å². The molecule has 0 aliphatic carbocycles. The van der Waals surface area contributed by atoms with Gasteiger partial charge >= 0.3 is 0 Å². The van der Waals surface area contributed by atoms with Crippen molar-refractivity contribution in [3.8, 4) is 0 Å². The maximum absolute atomic E-state index is 11.5. The highest BCUT2D eigenvalue weighted by molar-refractivity contribution is 5.90. The Bertz CT molecular complexity index is 802. The van der Waals surface area contributed by atoms with Crippen LogP contribution in [0.1, 0.15) is 18.9 Å². The molecule has 0 atom stereocenters. The lowest BCUT2D eigenvalue weighted by Gasteiger charge is -2.24. The molecular weight excluding hydrogens is 310 g/mol. The first-order chi connectivity index (χ1) is 12.3. The van der Waals surface area contributed by atoms with Gasteiger partial charge in [-0.3, -0.25) is 4.79 Å². The first kappa shape index (κ1) is 16.7. The first-order valence-corrected chi connectivity index (χ1v) is 8.38. The molecule has 0 saturated carbocycles. The molecule has 0 aliphatic heterocycles. The van der Waals surface area contributed by atoms with E-state index in [9.17, 15) is 4.79 Å². The monoisotopic (exact) mass is 331 g/mol. The van der Waals surface area contributed by atoms with Crippen molar-refractivity contribution in [1.82, 2.24) is 4.98 Å². The SMILES string of the molecule is CCC(=O)Nc1ccc(N(Cc2ccccc2)c2ccccc2)nc1. The van der Waals surface area contributed by atoms with E-state index in [1.165, 1.54) is 5.56 Å². The van der Waals surface area contributed by atoms with Crippen LogP contribution < -0.4 is 10.2 Å². The molecule has 126 valence electrons. The largest absolute Gasteiger partial charge is 0.325 e. The third-order valence-electron chi connectivity index (χ3n) is 3.88. The van der Waals surface area contributed by atoms with Crippen molar-refractivity contribution < 1.29 is 4.79 Å². The van der Waals surface area contributed by atoms with Crippen LogP contribution in [0.5, 0.6) is 0 Å². The van der Waals surface area contributed by atoms with Gasteiger partial charge in [0.15, 0.2) is 0 Å². The predicted molar refractivity (Wildman–Crippen MR) is 102 cm³/mol. The molecule has 0 aliphatic rings. The van der Waals surface area contributed by atoms with Gasteiger partial charge in [-0.15, -0.1) is 0 Å².